The number of methoxy groups -OCH3 is 1. The Labute approximate surface area is 108 Å². The van der Waals surface area contributed by atoms with Crippen molar-refractivity contribution >= 4 is 5.96 Å². The van der Waals surface area contributed by atoms with Crippen LogP contribution in [0.3, 0.4) is 0 Å². The van der Waals surface area contributed by atoms with E-state index in [1.165, 1.54) is 6.33 Å². The Morgan fingerprint density at radius 3 is 2.94 bits per heavy atom. The van der Waals surface area contributed by atoms with E-state index in [0.717, 1.165) is 37.9 Å². The van der Waals surface area contributed by atoms with Crippen LogP contribution in [0.4, 0.5) is 0 Å². The lowest BCUT2D eigenvalue weighted by Crippen LogP contribution is -2.38. The Balaban J connectivity index is 2.42. The maximum Gasteiger partial charge on any atom is 0.191 e. The van der Waals surface area contributed by atoms with Crippen LogP contribution in [0.15, 0.2) is 11.3 Å². The summed E-state index contributed by atoms with van der Waals surface area (Å²) in [5.74, 6) is 1.63. The third-order valence-corrected chi connectivity index (χ3v) is 2.35. The zero-order chi connectivity index (χ0) is 13.2. The summed E-state index contributed by atoms with van der Waals surface area (Å²) in [5.41, 5.74) is 0. The lowest BCUT2D eigenvalue weighted by atomic mass is 10.4. The van der Waals surface area contributed by atoms with Crippen molar-refractivity contribution in [2.45, 2.75) is 19.9 Å². The SMILES string of the molecule is CCNC(=NCc1ncnn1C)NCCCOC. The highest BCUT2D eigenvalue weighted by molar-refractivity contribution is 5.79. The maximum absolute atomic E-state index is 5.00. The molecular weight excluding hydrogens is 232 g/mol. The number of ether oxygens (including phenoxy) is 1. The third kappa shape index (κ3) is 5.13. The number of rotatable bonds is 7. The van der Waals surface area contributed by atoms with Crippen molar-refractivity contribution in [2.75, 3.05) is 26.8 Å². The molecule has 0 fully saturated rings. The van der Waals surface area contributed by atoms with Gasteiger partial charge in [0.05, 0.1) is 0 Å². The van der Waals surface area contributed by atoms with Crippen LogP contribution in [0.1, 0.15) is 19.2 Å². The standard InChI is InChI=1S/C11H22N6O/c1-4-12-11(13-6-5-7-18-3)14-8-10-15-9-16-17(10)2/h9H,4-8H2,1-3H3,(H2,12,13,14). The Hall–Kier alpha value is -1.63. The Kier molecular flexibility index (Phi) is 6.78. The maximum atomic E-state index is 5.00. The number of guanidine groups is 1. The molecule has 7 heteroatoms. The molecule has 0 aromatic carbocycles. The number of nitrogens with zero attached hydrogens (tertiary/aromatic N) is 4. The molecule has 1 rings (SSSR count). The lowest BCUT2D eigenvalue weighted by molar-refractivity contribution is 0.195. The molecule has 0 bridgehead atoms. The predicted octanol–water partition coefficient (Wildman–Crippen LogP) is -0.0933. The number of nitrogens with one attached hydrogen (secondary N) is 2. The fraction of sp³-hybridized carbons (Fsp3) is 0.727. The molecule has 1 heterocycles. The zero-order valence-corrected chi connectivity index (χ0v) is 11.3. The van der Waals surface area contributed by atoms with Gasteiger partial charge in [0.15, 0.2) is 5.96 Å². The van der Waals surface area contributed by atoms with Gasteiger partial charge >= 0.3 is 0 Å². The molecule has 0 atom stereocenters. The van der Waals surface area contributed by atoms with Gasteiger partial charge in [0.25, 0.3) is 0 Å². The molecule has 1 aromatic heterocycles. The summed E-state index contributed by atoms with van der Waals surface area (Å²) >= 11 is 0. The number of aryl methyl sites for hydroxylation is 1. The van der Waals surface area contributed by atoms with Crippen LogP contribution >= 0.6 is 0 Å². The van der Waals surface area contributed by atoms with Crippen molar-refractivity contribution in [2.24, 2.45) is 12.0 Å². The molecule has 0 amide bonds. The van der Waals surface area contributed by atoms with Gasteiger partial charge in [0, 0.05) is 33.9 Å². The first-order valence-corrected chi connectivity index (χ1v) is 6.12. The molecule has 0 aliphatic carbocycles. The van der Waals surface area contributed by atoms with Gasteiger partial charge in [-0.05, 0) is 13.3 Å². The first-order valence-electron chi connectivity index (χ1n) is 6.12. The van der Waals surface area contributed by atoms with E-state index in [0.29, 0.717) is 6.54 Å². The van der Waals surface area contributed by atoms with Crippen LogP contribution in [-0.4, -0.2) is 47.5 Å². The molecule has 0 saturated heterocycles. The van der Waals surface area contributed by atoms with Crippen LogP contribution in [0.2, 0.25) is 0 Å². The lowest BCUT2D eigenvalue weighted by Gasteiger charge is -2.10. The van der Waals surface area contributed by atoms with Gasteiger partial charge in [0.2, 0.25) is 0 Å². The van der Waals surface area contributed by atoms with Crippen molar-refractivity contribution in [1.82, 2.24) is 25.4 Å². The van der Waals surface area contributed by atoms with Crippen LogP contribution in [-0.2, 0) is 18.3 Å². The largest absolute Gasteiger partial charge is 0.385 e. The van der Waals surface area contributed by atoms with E-state index in [9.17, 15) is 0 Å². The molecule has 0 aliphatic heterocycles. The second-order valence-electron chi connectivity index (χ2n) is 3.77. The van der Waals surface area contributed by atoms with Crippen molar-refractivity contribution in [3.05, 3.63) is 12.2 Å². The second kappa shape index (κ2) is 8.46. The first kappa shape index (κ1) is 14.4. The minimum Gasteiger partial charge on any atom is -0.385 e. The van der Waals surface area contributed by atoms with Gasteiger partial charge in [-0.25, -0.2) is 9.98 Å². The van der Waals surface area contributed by atoms with Crippen LogP contribution in [0.25, 0.3) is 0 Å². The fourth-order valence-corrected chi connectivity index (χ4v) is 1.38. The van der Waals surface area contributed by atoms with Crippen molar-refractivity contribution in [3.63, 3.8) is 0 Å². The number of hydrogen-bond acceptors (Lipinski definition) is 4. The van der Waals surface area contributed by atoms with E-state index in [-0.39, 0.29) is 0 Å². The molecule has 0 aliphatic rings. The smallest absolute Gasteiger partial charge is 0.191 e. The summed E-state index contributed by atoms with van der Waals surface area (Å²) < 4.78 is 6.72. The van der Waals surface area contributed by atoms with Gasteiger partial charge in [-0.15, -0.1) is 0 Å². The number of aromatic nitrogens is 3. The number of aliphatic imine (C=N–C) groups is 1. The zero-order valence-electron chi connectivity index (χ0n) is 11.3. The van der Waals surface area contributed by atoms with Crippen molar-refractivity contribution in [1.29, 1.82) is 0 Å². The summed E-state index contributed by atoms with van der Waals surface area (Å²) in [6, 6.07) is 0. The number of hydrogen-bond donors (Lipinski definition) is 2. The highest BCUT2D eigenvalue weighted by Crippen LogP contribution is 1.93. The molecule has 102 valence electrons. The third-order valence-electron chi connectivity index (χ3n) is 2.35. The summed E-state index contributed by atoms with van der Waals surface area (Å²) in [5, 5.41) is 10.4. The fourth-order valence-electron chi connectivity index (χ4n) is 1.38. The summed E-state index contributed by atoms with van der Waals surface area (Å²) in [7, 11) is 3.56. The van der Waals surface area contributed by atoms with E-state index >= 15 is 0 Å². The minimum absolute atomic E-state index is 0.510. The molecular formula is C11H22N6O. The Morgan fingerprint density at radius 1 is 1.50 bits per heavy atom. The molecule has 0 spiro atoms. The van der Waals surface area contributed by atoms with Gasteiger partial charge in [-0.1, -0.05) is 0 Å². The highest BCUT2D eigenvalue weighted by atomic mass is 16.5. The van der Waals surface area contributed by atoms with Gasteiger partial charge in [0.1, 0.15) is 18.7 Å². The average Bonchev–Trinajstić information content (AvgIpc) is 2.77. The Morgan fingerprint density at radius 2 is 2.33 bits per heavy atom. The molecule has 0 saturated carbocycles. The highest BCUT2D eigenvalue weighted by Gasteiger charge is 2.00. The van der Waals surface area contributed by atoms with E-state index in [4.69, 9.17) is 4.74 Å². The van der Waals surface area contributed by atoms with Gasteiger partial charge in [-0.3, -0.25) is 4.68 Å². The average molecular weight is 254 g/mol. The summed E-state index contributed by atoms with van der Waals surface area (Å²) in [4.78, 5) is 8.57. The van der Waals surface area contributed by atoms with Crippen molar-refractivity contribution < 1.29 is 4.74 Å². The summed E-state index contributed by atoms with van der Waals surface area (Å²) in [6.07, 6.45) is 2.48. The molecule has 1 aromatic rings. The second-order valence-corrected chi connectivity index (χ2v) is 3.77. The van der Waals surface area contributed by atoms with Crippen LogP contribution in [0, 0.1) is 0 Å². The monoisotopic (exact) mass is 254 g/mol. The topological polar surface area (TPSA) is 76.4 Å². The Bertz CT molecular complexity index is 362. The molecule has 2 N–H and O–H groups in total. The predicted molar refractivity (Wildman–Crippen MR) is 70.3 cm³/mol. The normalized spacial score (nSPS) is 11.6. The van der Waals surface area contributed by atoms with Crippen LogP contribution < -0.4 is 10.6 Å². The first-order chi connectivity index (χ1) is 8.77. The van der Waals surface area contributed by atoms with E-state index in [1.807, 2.05) is 14.0 Å². The molecule has 7 nitrogen and oxygen atoms in total. The molecule has 18 heavy (non-hydrogen) atoms. The summed E-state index contributed by atoms with van der Waals surface area (Å²) in [6.45, 7) is 4.95. The molecule has 0 radical (unpaired) electrons. The molecule has 0 unspecified atom stereocenters. The van der Waals surface area contributed by atoms with Crippen LogP contribution in [0.5, 0.6) is 0 Å². The van der Waals surface area contributed by atoms with Gasteiger partial charge < -0.3 is 15.4 Å². The quantitative estimate of drug-likeness (QED) is 0.404. The van der Waals surface area contributed by atoms with E-state index in [2.05, 4.69) is 25.7 Å². The van der Waals surface area contributed by atoms with Gasteiger partial charge in [-0.2, -0.15) is 5.10 Å². The van der Waals surface area contributed by atoms with E-state index in [1.54, 1.807) is 11.8 Å². The van der Waals surface area contributed by atoms with E-state index < -0.39 is 0 Å². The van der Waals surface area contributed by atoms with Crippen molar-refractivity contribution in [3.8, 4) is 0 Å². The minimum atomic E-state index is 0.510.